The standard InChI is InChI=1S/C20H31N3O3/c1-20(2,3)26-19(24)21-16-11-13-22(14-16)17-9-7-15(8-10-17)18-6-4-5-12-23(18)25/h4-6,12,15-17H,7-11,13-14H2,1-3H3,(H,21,24)/t15?,16-,17?/m1/s1. The van der Waals surface area contributed by atoms with Crippen LogP contribution < -0.4 is 10.0 Å². The average Bonchev–Trinajstić information content (AvgIpc) is 3.02. The van der Waals surface area contributed by atoms with E-state index in [4.69, 9.17) is 4.74 Å². The van der Waals surface area contributed by atoms with Gasteiger partial charge in [-0.15, -0.1) is 0 Å². The quantitative estimate of drug-likeness (QED) is 0.664. The summed E-state index contributed by atoms with van der Waals surface area (Å²) in [6, 6.07) is 6.41. The third kappa shape index (κ3) is 4.87. The molecule has 1 aromatic rings. The van der Waals surface area contributed by atoms with Crippen molar-refractivity contribution >= 4 is 6.09 Å². The molecule has 0 spiro atoms. The molecular weight excluding hydrogens is 330 g/mol. The highest BCUT2D eigenvalue weighted by atomic mass is 16.6. The van der Waals surface area contributed by atoms with Crippen LogP contribution in [-0.4, -0.2) is 41.8 Å². The van der Waals surface area contributed by atoms with Crippen LogP contribution in [0, 0.1) is 5.21 Å². The zero-order valence-corrected chi connectivity index (χ0v) is 16.1. The van der Waals surface area contributed by atoms with Crippen LogP contribution in [0.2, 0.25) is 0 Å². The molecule has 26 heavy (non-hydrogen) atoms. The van der Waals surface area contributed by atoms with E-state index in [1.807, 2.05) is 32.9 Å². The Morgan fingerprint density at radius 2 is 1.96 bits per heavy atom. The molecule has 1 N–H and O–H groups in total. The molecule has 1 saturated heterocycles. The molecule has 2 heterocycles. The fourth-order valence-electron chi connectivity index (χ4n) is 4.21. The molecule has 1 atom stereocenters. The lowest BCUT2D eigenvalue weighted by Crippen LogP contribution is -2.43. The summed E-state index contributed by atoms with van der Waals surface area (Å²) in [5.41, 5.74) is 0.438. The van der Waals surface area contributed by atoms with Crippen molar-refractivity contribution in [2.75, 3.05) is 13.1 Å². The molecule has 0 bridgehead atoms. The van der Waals surface area contributed by atoms with Crippen LogP contribution in [-0.2, 0) is 4.74 Å². The monoisotopic (exact) mass is 361 g/mol. The molecule has 144 valence electrons. The van der Waals surface area contributed by atoms with E-state index >= 15 is 0 Å². The fraction of sp³-hybridized carbons (Fsp3) is 0.700. The largest absolute Gasteiger partial charge is 0.618 e. The second-order valence-corrected chi connectivity index (χ2v) is 8.58. The third-order valence-electron chi connectivity index (χ3n) is 5.43. The lowest BCUT2D eigenvalue weighted by molar-refractivity contribution is -0.616. The van der Waals surface area contributed by atoms with E-state index in [-0.39, 0.29) is 12.1 Å². The van der Waals surface area contributed by atoms with Crippen LogP contribution in [0.5, 0.6) is 0 Å². The van der Waals surface area contributed by atoms with Crippen molar-refractivity contribution in [3.8, 4) is 0 Å². The number of ether oxygens (including phenoxy) is 1. The number of hydrogen-bond donors (Lipinski definition) is 1. The van der Waals surface area contributed by atoms with Gasteiger partial charge in [0.2, 0.25) is 0 Å². The van der Waals surface area contributed by atoms with Crippen molar-refractivity contribution in [1.29, 1.82) is 0 Å². The maximum atomic E-state index is 12.0. The summed E-state index contributed by atoms with van der Waals surface area (Å²) < 4.78 is 6.37. The van der Waals surface area contributed by atoms with E-state index in [2.05, 4.69) is 10.2 Å². The van der Waals surface area contributed by atoms with Crippen molar-refractivity contribution in [2.24, 2.45) is 0 Å². The van der Waals surface area contributed by atoms with Crippen LogP contribution in [0.3, 0.4) is 0 Å². The number of aromatic nitrogens is 1. The first kappa shape index (κ1) is 19.0. The van der Waals surface area contributed by atoms with E-state index in [0.717, 1.165) is 55.6 Å². The van der Waals surface area contributed by atoms with Gasteiger partial charge in [0.25, 0.3) is 0 Å². The number of carbonyl (C=O) groups is 1. The van der Waals surface area contributed by atoms with Gasteiger partial charge in [0.05, 0.1) is 0 Å². The highest BCUT2D eigenvalue weighted by Gasteiger charge is 2.34. The van der Waals surface area contributed by atoms with Gasteiger partial charge in [-0.05, 0) is 52.9 Å². The molecule has 0 aromatic carbocycles. The van der Waals surface area contributed by atoms with Crippen molar-refractivity contribution in [1.82, 2.24) is 10.2 Å². The molecule has 1 saturated carbocycles. The lowest BCUT2D eigenvalue weighted by Gasteiger charge is -2.34. The summed E-state index contributed by atoms with van der Waals surface area (Å²) in [6.45, 7) is 7.54. The number of nitrogens with one attached hydrogen (secondary N) is 1. The number of likely N-dealkylation sites (tertiary alicyclic amines) is 1. The van der Waals surface area contributed by atoms with Gasteiger partial charge >= 0.3 is 6.09 Å². The molecule has 2 fully saturated rings. The highest BCUT2D eigenvalue weighted by Crippen LogP contribution is 2.34. The predicted octanol–water partition coefficient (Wildman–Crippen LogP) is 2.95. The topological polar surface area (TPSA) is 68.5 Å². The number of hydrogen-bond acceptors (Lipinski definition) is 4. The molecule has 6 nitrogen and oxygen atoms in total. The van der Waals surface area contributed by atoms with Crippen molar-refractivity contribution < 1.29 is 14.3 Å². The van der Waals surface area contributed by atoms with E-state index in [1.165, 1.54) is 0 Å². The SMILES string of the molecule is CC(C)(C)OC(=O)N[C@@H]1CCN(C2CCC(c3cccc[n+]3[O-])CC2)C1. The summed E-state index contributed by atoms with van der Waals surface area (Å²) in [6.07, 6.45) is 6.57. The zero-order chi connectivity index (χ0) is 18.7. The maximum Gasteiger partial charge on any atom is 0.407 e. The molecule has 6 heteroatoms. The van der Waals surface area contributed by atoms with E-state index in [1.54, 1.807) is 12.3 Å². The molecule has 3 rings (SSSR count). The van der Waals surface area contributed by atoms with Gasteiger partial charge in [-0.25, -0.2) is 4.79 Å². The summed E-state index contributed by atoms with van der Waals surface area (Å²) >= 11 is 0. The molecule has 0 radical (unpaired) electrons. The maximum absolute atomic E-state index is 12.0. The first-order valence-corrected chi connectivity index (χ1v) is 9.73. The Kier molecular flexibility index (Phi) is 5.70. The van der Waals surface area contributed by atoms with Gasteiger partial charge in [-0.1, -0.05) is 6.07 Å². The fourth-order valence-corrected chi connectivity index (χ4v) is 4.21. The minimum absolute atomic E-state index is 0.167. The number of nitrogens with zero attached hydrogens (tertiary/aromatic N) is 2. The highest BCUT2D eigenvalue weighted by molar-refractivity contribution is 5.68. The number of pyridine rings is 1. The molecule has 1 aliphatic carbocycles. The van der Waals surface area contributed by atoms with Crippen LogP contribution in [0.1, 0.15) is 64.5 Å². The first-order chi connectivity index (χ1) is 12.3. The van der Waals surface area contributed by atoms with Gasteiger partial charge in [0, 0.05) is 43.2 Å². The van der Waals surface area contributed by atoms with Crippen LogP contribution in [0.4, 0.5) is 4.79 Å². The van der Waals surface area contributed by atoms with Crippen molar-refractivity contribution in [3.63, 3.8) is 0 Å². The molecule has 1 amide bonds. The number of amides is 1. The Bertz CT molecular complexity index is 621. The summed E-state index contributed by atoms with van der Waals surface area (Å²) in [5.74, 6) is 0.364. The minimum Gasteiger partial charge on any atom is -0.618 e. The number of rotatable bonds is 3. The second kappa shape index (κ2) is 7.82. The summed E-state index contributed by atoms with van der Waals surface area (Å²) in [7, 11) is 0. The zero-order valence-electron chi connectivity index (χ0n) is 16.1. The van der Waals surface area contributed by atoms with Gasteiger partial charge in [-0.3, -0.25) is 4.90 Å². The smallest absolute Gasteiger partial charge is 0.407 e. The van der Waals surface area contributed by atoms with Crippen molar-refractivity contribution in [3.05, 3.63) is 35.3 Å². The molecular formula is C20H31N3O3. The van der Waals surface area contributed by atoms with Crippen LogP contribution in [0.25, 0.3) is 0 Å². The molecule has 1 aliphatic heterocycles. The Hall–Kier alpha value is -1.82. The first-order valence-electron chi connectivity index (χ1n) is 9.73. The summed E-state index contributed by atoms with van der Waals surface area (Å²) in [5, 5.41) is 15.0. The Morgan fingerprint density at radius 3 is 2.62 bits per heavy atom. The van der Waals surface area contributed by atoms with Crippen LogP contribution in [0.15, 0.2) is 24.4 Å². The van der Waals surface area contributed by atoms with E-state index in [9.17, 15) is 10.0 Å². The predicted molar refractivity (Wildman–Crippen MR) is 99.7 cm³/mol. The van der Waals surface area contributed by atoms with Crippen molar-refractivity contribution in [2.45, 2.75) is 76.5 Å². The van der Waals surface area contributed by atoms with Crippen LogP contribution >= 0.6 is 0 Å². The molecule has 1 aromatic heterocycles. The van der Waals surface area contributed by atoms with E-state index < -0.39 is 5.60 Å². The molecule has 2 aliphatic rings. The van der Waals surface area contributed by atoms with Gasteiger partial charge < -0.3 is 15.3 Å². The van der Waals surface area contributed by atoms with Gasteiger partial charge in [0.1, 0.15) is 5.60 Å². The Balaban J connectivity index is 1.46. The number of alkyl carbamates (subject to hydrolysis) is 1. The normalized spacial score (nSPS) is 27.3. The van der Waals surface area contributed by atoms with Gasteiger partial charge in [-0.2, -0.15) is 4.73 Å². The lowest BCUT2D eigenvalue weighted by atomic mass is 9.83. The second-order valence-electron chi connectivity index (χ2n) is 8.58. The average molecular weight is 361 g/mol. The summed E-state index contributed by atoms with van der Waals surface area (Å²) in [4.78, 5) is 14.4. The van der Waals surface area contributed by atoms with E-state index in [0.29, 0.717) is 12.0 Å². The minimum atomic E-state index is -0.462. The number of carbonyl (C=O) groups excluding carboxylic acids is 1. The van der Waals surface area contributed by atoms with Gasteiger partial charge in [0.15, 0.2) is 11.9 Å². The third-order valence-corrected chi connectivity index (χ3v) is 5.43. The Morgan fingerprint density at radius 1 is 1.23 bits per heavy atom. The molecule has 0 unspecified atom stereocenters. The Labute approximate surface area is 156 Å².